The zero-order valence-corrected chi connectivity index (χ0v) is 11.4. The Balaban J connectivity index is 2.18. The summed E-state index contributed by atoms with van der Waals surface area (Å²) in [7, 11) is 0. The van der Waals surface area contributed by atoms with Crippen molar-refractivity contribution < 1.29 is 9.53 Å². The van der Waals surface area contributed by atoms with E-state index >= 15 is 0 Å². The Morgan fingerprint density at radius 1 is 1.50 bits per heavy atom. The zero-order valence-electron chi connectivity index (χ0n) is 9.84. The summed E-state index contributed by atoms with van der Waals surface area (Å²) in [5.74, 6) is 1.25. The van der Waals surface area contributed by atoms with Gasteiger partial charge < -0.3 is 4.74 Å². The minimum atomic E-state index is 0.275. The highest BCUT2D eigenvalue weighted by molar-refractivity contribution is 9.10. The topological polar surface area (TPSA) is 57.0 Å². The van der Waals surface area contributed by atoms with E-state index < -0.39 is 0 Å². The molecular weight excluding hydrogens is 298 g/mol. The predicted octanol–water partition coefficient (Wildman–Crippen LogP) is 2.45. The number of para-hydroxylation sites is 1. The molecule has 18 heavy (non-hydrogen) atoms. The molecule has 0 spiro atoms. The Bertz CT molecular complexity index is 554. The lowest BCUT2D eigenvalue weighted by molar-refractivity contribution is 0.111. The van der Waals surface area contributed by atoms with Crippen molar-refractivity contribution in [2.45, 2.75) is 20.1 Å². The predicted molar refractivity (Wildman–Crippen MR) is 69.6 cm³/mol. The first-order valence-electron chi connectivity index (χ1n) is 5.49. The third-order valence-electron chi connectivity index (χ3n) is 2.47. The van der Waals surface area contributed by atoms with Crippen LogP contribution in [0.5, 0.6) is 5.75 Å². The fraction of sp³-hybridized carbons (Fsp3) is 0.250. The first-order valence-corrected chi connectivity index (χ1v) is 6.28. The van der Waals surface area contributed by atoms with Gasteiger partial charge in [0, 0.05) is 6.54 Å². The number of hydrogen-bond acceptors (Lipinski definition) is 4. The van der Waals surface area contributed by atoms with Crippen LogP contribution >= 0.6 is 15.9 Å². The van der Waals surface area contributed by atoms with Crippen LogP contribution in [-0.4, -0.2) is 21.1 Å². The van der Waals surface area contributed by atoms with E-state index in [1.54, 1.807) is 16.8 Å². The first-order chi connectivity index (χ1) is 8.76. The quantitative estimate of drug-likeness (QED) is 0.796. The molecule has 1 aromatic heterocycles. The molecule has 2 aromatic rings. The summed E-state index contributed by atoms with van der Waals surface area (Å²) in [6.07, 6.45) is 2.26. The van der Waals surface area contributed by atoms with Crippen molar-refractivity contribution in [3.63, 3.8) is 0 Å². The van der Waals surface area contributed by atoms with Crippen LogP contribution in [0.2, 0.25) is 0 Å². The number of aldehydes is 1. The second kappa shape index (κ2) is 5.77. The molecule has 0 amide bonds. The fourth-order valence-corrected chi connectivity index (χ4v) is 2.07. The number of hydrogen-bond donors (Lipinski definition) is 0. The molecule has 0 saturated carbocycles. The lowest BCUT2D eigenvalue weighted by Gasteiger charge is -2.10. The molecule has 0 saturated heterocycles. The zero-order chi connectivity index (χ0) is 13.0. The Morgan fingerprint density at radius 3 is 3.06 bits per heavy atom. The van der Waals surface area contributed by atoms with Crippen LogP contribution in [0.4, 0.5) is 0 Å². The van der Waals surface area contributed by atoms with E-state index in [0.717, 1.165) is 23.1 Å². The standard InChI is InChI=1S/C12H12BrN3O2/c1-2-16-11(14-8-15-16)7-18-12-9(6-17)4-3-5-10(12)13/h3-6,8H,2,7H2,1H3. The number of aromatic nitrogens is 3. The van der Waals surface area contributed by atoms with Crippen molar-refractivity contribution in [3.05, 3.63) is 40.4 Å². The summed E-state index contributed by atoms with van der Waals surface area (Å²) < 4.78 is 8.14. The number of rotatable bonds is 5. The fourth-order valence-electron chi connectivity index (χ4n) is 1.57. The van der Waals surface area contributed by atoms with Crippen molar-refractivity contribution in [3.8, 4) is 5.75 Å². The maximum Gasteiger partial charge on any atom is 0.164 e. The average Bonchev–Trinajstić information content (AvgIpc) is 2.84. The molecule has 94 valence electrons. The smallest absolute Gasteiger partial charge is 0.164 e. The van der Waals surface area contributed by atoms with Gasteiger partial charge >= 0.3 is 0 Å². The highest BCUT2D eigenvalue weighted by Gasteiger charge is 2.09. The molecular formula is C12H12BrN3O2. The van der Waals surface area contributed by atoms with Crippen LogP contribution in [0, 0.1) is 0 Å². The van der Waals surface area contributed by atoms with Gasteiger partial charge in [0.05, 0.1) is 10.0 Å². The molecule has 0 aliphatic rings. The summed E-state index contributed by atoms with van der Waals surface area (Å²) in [4.78, 5) is 15.0. The van der Waals surface area contributed by atoms with Gasteiger partial charge in [0.15, 0.2) is 12.1 Å². The number of nitrogens with zero attached hydrogens (tertiary/aromatic N) is 3. The van der Waals surface area contributed by atoms with Gasteiger partial charge in [0.1, 0.15) is 18.7 Å². The number of carbonyl (C=O) groups excluding carboxylic acids is 1. The summed E-state index contributed by atoms with van der Waals surface area (Å²) in [6.45, 7) is 2.99. The van der Waals surface area contributed by atoms with E-state index in [2.05, 4.69) is 26.0 Å². The second-order valence-corrected chi connectivity index (χ2v) is 4.41. The molecule has 0 unspecified atom stereocenters. The van der Waals surface area contributed by atoms with Crippen molar-refractivity contribution >= 4 is 22.2 Å². The summed E-state index contributed by atoms with van der Waals surface area (Å²) in [6, 6.07) is 5.32. The number of carbonyl (C=O) groups is 1. The second-order valence-electron chi connectivity index (χ2n) is 3.56. The normalized spacial score (nSPS) is 10.3. The van der Waals surface area contributed by atoms with Gasteiger partial charge in [-0.1, -0.05) is 6.07 Å². The monoisotopic (exact) mass is 309 g/mol. The molecule has 0 aliphatic heterocycles. The molecule has 0 N–H and O–H groups in total. The van der Waals surface area contributed by atoms with Crippen molar-refractivity contribution in [2.75, 3.05) is 0 Å². The number of benzene rings is 1. The van der Waals surface area contributed by atoms with E-state index in [9.17, 15) is 4.79 Å². The summed E-state index contributed by atoms with van der Waals surface area (Å²) in [5, 5.41) is 4.06. The van der Waals surface area contributed by atoms with E-state index in [-0.39, 0.29) is 6.61 Å². The highest BCUT2D eigenvalue weighted by atomic mass is 79.9. The number of aryl methyl sites for hydroxylation is 1. The van der Waals surface area contributed by atoms with Gasteiger partial charge in [-0.25, -0.2) is 9.67 Å². The minimum absolute atomic E-state index is 0.275. The summed E-state index contributed by atoms with van der Waals surface area (Å²) in [5.41, 5.74) is 0.506. The lowest BCUT2D eigenvalue weighted by atomic mass is 10.2. The van der Waals surface area contributed by atoms with Crippen LogP contribution < -0.4 is 4.74 Å². The molecule has 0 radical (unpaired) electrons. The maximum absolute atomic E-state index is 10.9. The Hall–Kier alpha value is -1.69. The van der Waals surface area contributed by atoms with Crippen molar-refractivity contribution in [1.82, 2.24) is 14.8 Å². The van der Waals surface area contributed by atoms with Crippen LogP contribution in [0.25, 0.3) is 0 Å². The molecule has 0 fully saturated rings. The largest absolute Gasteiger partial charge is 0.484 e. The van der Waals surface area contributed by atoms with Crippen LogP contribution in [-0.2, 0) is 13.2 Å². The molecule has 0 aliphatic carbocycles. The number of halogens is 1. The lowest BCUT2D eigenvalue weighted by Crippen LogP contribution is -2.08. The molecule has 5 nitrogen and oxygen atoms in total. The van der Waals surface area contributed by atoms with E-state index in [1.165, 1.54) is 6.33 Å². The molecule has 1 heterocycles. The maximum atomic E-state index is 10.9. The Labute approximate surface area is 113 Å². The SMILES string of the molecule is CCn1ncnc1COc1c(Br)cccc1C=O. The van der Waals surface area contributed by atoms with Gasteiger partial charge in [0.2, 0.25) is 0 Å². The van der Waals surface area contributed by atoms with Gasteiger partial charge in [0.25, 0.3) is 0 Å². The summed E-state index contributed by atoms with van der Waals surface area (Å²) >= 11 is 3.36. The Morgan fingerprint density at radius 2 is 2.33 bits per heavy atom. The van der Waals surface area contributed by atoms with Gasteiger partial charge in [-0.05, 0) is 35.0 Å². The average molecular weight is 310 g/mol. The van der Waals surface area contributed by atoms with E-state index in [0.29, 0.717) is 11.3 Å². The van der Waals surface area contributed by atoms with Crippen LogP contribution in [0.15, 0.2) is 29.0 Å². The van der Waals surface area contributed by atoms with Crippen LogP contribution in [0.1, 0.15) is 23.1 Å². The van der Waals surface area contributed by atoms with Gasteiger partial charge in [-0.15, -0.1) is 0 Å². The molecule has 0 bridgehead atoms. The van der Waals surface area contributed by atoms with Crippen molar-refractivity contribution in [2.24, 2.45) is 0 Å². The van der Waals surface area contributed by atoms with Gasteiger partial charge in [-0.2, -0.15) is 5.10 Å². The van der Waals surface area contributed by atoms with E-state index in [1.807, 2.05) is 13.0 Å². The number of ether oxygens (including phenoxy) is 1. The minimum Gasteiger partial charge on any atom is -0.484 e. The van der Waals surface area contributed by atoms with Crippen LogP contribution in [0.3, 0.4) is 0 Å². The van der Waals surface area contributed by atoms with Gasteiger partial charge in [-0.3, -0.25) is 4.79 Å². The molecule has 1 aromatic carbocycles. The van der Waals surface area contributed by atoms with Crippen molar-refractivity contribution in [1.29, 1.82) is 0 Å². The third kappa shape index (κ3) is 2.59. The first kappa shape index (κ1) is 12.8. The Kier molecular flexibility index (Phi) is 4.09. The molecule has 0 atom stereocenters. The third-order valence-corrected chi connectivity index (χ3v) is 3.09. The molecule has 6 heteroatoms. The highest BCUT2D eigenvalue weighted by Crippen LogP contribution is 2.28. The molecule has 2 rings (SSSR count). The van der Waals surface area contributed by atoms with E-state index in [4.69, 9.17) is 4.74 Å².